The fourth-order valence-electron chi connectivity index (χ4n) is 2.52. The molecule has 0 aliphatic carbocycles. The van der Waals surface area contributed by atoms with Gasteiger partial charge in [0.15, 0.2) is 0 Å². The number of anilines is 1. The maximum Gasteiger partial charge on any atom is 0.0542 e. The molecule has 0 saturated carbocycles. The van der Waals surface area contributed by atoms with Crippen LogP contribution >= 0.6 is 0 Å². The van der Waals surface area contributed by atoms with E-state index in [0.717, 1.165) is 13.1 Å². The summed E-state index contributed by atoms with van der Waals surface area (Å²) in [6.07, 6.45) is 0. The molecule has 0 aromatic heterocycles. The van der Waals surface area contributed by atoms with Gasteiger partial charge < -0.3 is 10.0 Å². The number of para-hydroxylation sites is 1. The van der Waals surface area contributed by atoms with Gasteiger partial charge in [-0.2, -0.15) is 0 Å². The summed E-state index contributed by atoms with van der Waals surface area (Å²) in [5.74, 6) is 0. The summed E-state index contributed by atoms with van der Waals surface area (Å²) in [6, 6.07) is 20.6. The number of hydrogen-bond acceptors (Lipinski definition) is 2. The minimum Gasteiger partial charge on any atom is -0.395 e. The minimum atomic E-state index is -0.257. The molecule has 0 bridgehead atoms. The standard InChI is InChI=1S/C18H23NO/c1-3-19(17-12-8-5-9-13-17)14-18(2,15-20)16-10-6-4-7-11-16/h4-13,20H,3,14-15H2,1-2H3. The third kappa shape index (κ3) is 3.20. The topological polar surface area (TPSA) is 23.5 Å². The number of hydrogen-bond donors (Lipinski definition) is 1. The van der Waals surface area contributed by atoms with Gasteiger partial charge in [-0.05, 0) is 24.6 Å². The highest BCUT2D eigenvalue weighted by Crippen LogP contribution is 2.26. The van der Waals surface area contributed by atoms with Gasteiger partial charge in [0.2, 0.25) is 0 Å². The molecule has 2 heteroatoms. The van der Waals surface area contributed by atoms with Crippen molar-refractivity contribution in [3.05, 3.63) is 66.2 Å². The highest BCUT2D eigenvalue weighted by molar-refractivity contribution is 5.47. The third-order valence-electron chi connectivity index (χ3n) is 3.86. The quantitative estimate of drug-likeness (QED) is 0.868. The van der Waals surface area contributed by atoms with Gasteiger partial charge in [-0.15, -0.1) is 0 Å². The SMILES string of the molecule is CCN(CC(C)(CO)c1ccccc1)c1ccccc1. The summed E-state index contributed by atoms with van der Waals surface area (Å²) in [5.41, 5.74) is 2.12. The lowest BCUT2D eigenvalue weighted by molar-refractivity contribution is 0.208. The van der Waals surface area contributed by atoms with E-state index >= 15 is 0 Å². The molecule has 1 unspecified atom stereocenters. The lowest BCUT2D eigenvalue weighted by atomic mass is 9.82. The third-order valence-corrected chi connectivity index (χ3v) is 3.86. The van der Waals surface area contributed by atoms with Crippen molar-refractivity contribution < 1.29 is 5.11 Å². The van der Waals surface area contributed by atoms with Gasteiger partial charge in [0.05, 0.1) is 6.61 Å². The van der Waals surface area contributed by atoms with Crippen LogP contribution in [0.15, 0.2) is 60.7 Å². The Hall–Kier alpha value is -1.80. The molecule has 0 saturated heterocycles. The molecule has 0 fully saturated rings. The number of aliphatic hydroxyl groups is 1. The number of nitrogens with zero attached hydrogens (tertiary/aromatic N) is 1. The summed E-state index contributed by atoms with van der Waals surface area (Å²) in [4.78, 5) is 2.31. The molecule has 0 radical (unpaired) electrons. The molecule has 20 heavy (non-hydrogen) atoms. The molecular formula is C18H23NO. The van der Waals surface area contributed by atoms with Crippen LogP contribution in [0, 0.1) is 0 Å². The van der Waals surface area contributed by atoms with E-state index in [1.54, 1.807) is 0 Å². The molecule has 2 rings (SSSR count). The first-order valence-electron chi connectivity index (χ1n) is 7.16. The fraction of sp³-hybridized carbons (Fsp3) is 0.333. The van der Waals surface area contributed by atoms with Crippen molar-refractivity contribution in [1.82, 2.24) is 0 Å². The monoisotopic (exact) mass is 269 g/mol. The van der Waals surface area contributed by atoms with Crippen LogP contribution < -0.4 is 4.90 Å². The van der Waals surface area contributed by atoms with Crippen LogP contribution in [0.4, 0.5) is 5.69 Å². The van der Waals surface area contributed by atoms with Gasteiger partial charge in [0, 0.05) is 24.2 Å². The Morgan fingerprint density at radius 3 is 2.00 bits per heavy atom. The zero-order chi connectivity index (χ0) is 14.4. The number of rotatable bonds is 6. The Morgan fingerprint density at radius 1 is 0.950 bits per heavy atom. The lowest BCUT2D eigenvalue weighted by Crippen LogP contribution is -2.41. The Kier molecular flexibility index (Phi) is 4.80. The molecule has 2 aromatic carbocycles. The molecule has 0 aliphatic rings. The van der Waals surface area contributed by atoms with Crippen LogP contribution in [-0.4, -0.2) is 24.8 Å². The summed E-state index contributed by atoms with van der Waals surface area (Å²) in [5, 5.41) is 9.90. The van der Waals surface area contributed by atoms with Gasteiger partial charge >= 0.3 is 0 Å². The zero-order valence-electron chi connectivity index (χ0n) is 12.3. The molecule has 1 N–H and O–H groups in total. The average molecular weight is 269 g/mol. The van der Waals surface area contributed by atoms with Crippen molar-refractivity contribution in [3.63, 3.8) is 0 Å². The van der Waals surface area contributed by atoms with Gasteiger partial charge in [-0.1, -0.05) is 55.5 Å². The molecule has 0 amide bonds. The van der Waals surface area contributed by atoms with Crippen molar-refractivity contribution in [2.45, 2.75) is 19.3 Å². The molecule has 106 valence electrons. The first-order chi connectivity index (χ1) is 9.69. The smallest absolute Gasteiger partial charge is 0.0542 e. The summed E-state index contributed by atoms with van der Waals surface area (Å²) < 4.78 is 0. The first kappa shape index (κ1) is 14.6. The van der Waals surface area contributed by atoms with Crippen LogP contribution in [0.3, 0.4) is 0 Å². The van der Waals surface area contributed by atoms with Crippen LogP contribution in [0.5, 0.6) is 0 Å². The van der Waals surface area contributed by atoms with Crippen molar-refractivity contribution in [2.75, 3.05) is 24.6 Å². The number of likely N-dealkylation sites (N-methyl/N-ethyl adjacent to an activating group) is 1. The van der Waals surface area contributed by atoms with Crippen LogP contribution in [0.2, 0.25) is 0 Å². The second-order valence-electron chi connectivity index (χ2n) is 5.43. The average Bonchev–Trinajstić information content (AvgIpc) is 2.54. The van der Waals surface area contributed by atoms with Crippen LogP contribution in [0.25, 0.3) is 0 Å². The maximum absolute atomic E-state index is 9.90. The Balaban J connectivity index is 2.24. The van der Waals surface area contributed by atoms with Gasteiger partial charge in [-0.3, -0.25) is 0 Å². The molecular weight excluding hydrogens is 246 g/mol. The number of aliphatic hydroxyl groups excluding tert-OH is 1. The van der Waals surface area contributed by atoms with E-state index in [9.17, 15) is 5.11 Å². The summed E-state index contributed by atoms with van der Waals surface area (Å²) in [6.45, 7) is 6.13. The molecule has 2 aromatic rings. The minimum absolute atomic E-state index is 0.139. The van der Waals surface area contributed by atoms with E-state index in [1.165, 1.54) is 11.3 Å². The highest BCUT2D eigenvalue weighted by Gasteiger charge is 2.28. The largest absolute Gasteiger partial charge is 0.395 e. The molecule has 2 nitrogen and oxygen atoms in total. The molecule has 0 spiro atoms. The van der Waals surface area contributed by atoms with Crippen molar-refractivity contribution in [3.8, 4) is 0 Å². The Labute approximate surface area is 121 Å². The second kappa shape index (κ2) is 6.58. The molecule has 0 aliphatic heterocycles. The second-order valence-corrected chi connectivity index (χ2v) is 5.43. The predicted molar refractivity (Wildman–Crippen MR) is 85.2 cm³/mol. The van der Waals surface area contributed by atoms with Crippen LogP contribution in [-0.2, 0) is 5.41 Å². The fourth-order valence-corrected chi connectivity index (χ4v) is 2.52. The first-order valence-corrected chi connectivity index (χ1v) is 7.16. The van der Waals surface area contributed by atoms with Gasteiger partial charge in [-0.25, -0.2) is 0 Å². The zero-order valence-corrected chi connectivity index (χ0v) is 12.3. The number of benzene rings is 2. The van der Waals surface area contributed by atoms with E-state index < -0.39 is 0 Å². The van der Waals surface area contributed by atoms with E-state index in [-0.39, 0.29) is 12.0 Å². The summed E-state index contributed by atoms with van der Waals surface area (Å²) >= 11 is 0. The van der Waals surface area contributed by atoms with E-state index in [2.05, 4.69) is 55.1 Å². The van der Waals surface area contributed by atoms with Gasteiger partial charge in [0.25, 0.3) is 0 Å². The van der Waals surface area contributed by atoms with E-state index in [1.807, 2.05) is 24.3 Å². The maximum atomic E-state index is 9.90. The van der Waals surface area contributed by atoms with E-state index in [0.29, 0.717) is 0 Å². The Bertz CT molecular complexity index is 511. The van der Waals surface area contributed by atoms with Crippen LogP contribution in [0.1, 0.15) is 19.4 Å². The molecule has 1 atom stereocenters. The van der Waals surface area contributed by atoms with Gasteiger partial charge in [0.1, 0.15) is 0 Å². The van der Waals surface area contributed by atoms with Crippen molar-refractivity contribution >= 4 is 5.69 Å². The highest BCUT2D eigenvalue weighted by atomic mass is 16.3. The summed E-state index contributed by atoms with van der Waals surface area (Å²) in [7, 11) is 0. The lowest BCUT2D eigenvalue weighted by Gasteiger charge is -2.35. The Morgan fingerprint density at radius 2 is 1.50 bits per heavy atom. The normalized spacial score (nSPS) is 13.8. The predicted octanol–water partition coefficient (Wildman–Crippen LogP) is 3.46. The van der Waals surface area contributed by atoms with Crippen molar-refractivity contribution in [1.29, 1.82) is 0 Å². The van der Waals surface area contributed by atoms with E-state index in [4.69, 9.17) is 0 Å². The van der Waals surface area contributed by atoms with Crippen molar-refractivity contribution in [2.24, 2.45) is 0 Å². The molecule has 0 heterocycles.